The molecule has 0 bridgehead atoms. The summed E-state index contributed by atoms with van der Waals surface area (Å²) in [4.78, 5) is 0. The molecule has 0 heterocycles. The van der Waals surface area contributed by atoms with E-state index in [1.165, 1.54) is 57.3 Å². The smallest absolute Gasteiger partial charge is 0.147 e. The predicted molar refractivity (Wildman–Crippen MR) is 218 cm³/mol. The zero-order chi connectivity index (χ0) is 33.0. The maximum Gasteiger partial charge on any atom is -0.147 e. The van der Waals surface area contributed by atoms with E-state index in [0.717, 1.165) is 0 Å². The minimum Gasteiger partial charge on any atom is -0.147 e. The Kier molecular flexibility index (Phi) is 11.9. The van der Waals surface area contributed by atoms with Crippen LogP contribution in [0.15, 0.2) is 96.1 Å². The van der Waals surface area contributed by atoms with Crippen LogP contribution in [0.1, 0.15) is 114 Å². The van der Waals surface area contributed by atoms with E-state index in [-0.39, 0.29) is 24.8 Å². The van der Waals surface area contributed by atoms with Gasteiger partial charge in [0.2, 0.25) is 0 Å². The Labute approximate surface area is 306 Å². The molecule has 48 heavy (non-hydrogen) atoms. The molecule has 2 aliphatic carbocycles. The number of rotatable bonds is 9. The summed E-state index contributed by atoms with van der Waals surface area (Å²) >= 11 is -3.67. The topological polar surface area (TPSA) is 0 Å². The van der Waals surface area contributed by atoms with Crippen molar-refractivity contribution in [1.29, 1.82) is 0 Å². The van der Waals surface area contributed by atoms with Crippen molar-refractivity contribution in [2.75, 3.05) is 0 Å². The first-order valence-electron chi connectivity index (χ1n) is 17.8. The quantitative estimate of drug-likeness (QED) is 0.149. The van der Waals surface area contributed by atoms with Crippen LogP contribution >= 0.6 is 24.8 Å². The van der Waals surface area contributed by atoms with Crippen LogP contribution in [0.2, 0.25) is 9.26 Å². The molecule has 0 saturated heterocycles. The van der Waals surface area contributed by atoms with Gasteiger partial charge in [-0.25, -0.2) is 0 Å². The molecule has 254 valence electrons. The molecular weight excluding hydrogens is 719 g/mol. The molecule has 0 N–H and O–H groups in total. The second-order valence-electron chi connectivity index (χ2n) is 16.0. The number of hydrogen-bond acceptors (Lipinski definition) is 0. The van der Waals surface area contributed by atoms with Gasteiger partial charge in [-0.05, 0) is 0 Å². The summed E-state index contributed by atoms with van der Waals surface area (Å²) in [7, 11) is 0. The van der Waals surface area contributed by atoms with Gasteiger partial charge in [-0.1, -0.05) is 0 Å². The minimum atomic E-state index is -3.67. The molecule has 0 amide bonds. The van der Waals surface area contributed by atoms with Crippen LogP contribution in [0.25, 0.3) is 34.4 Å². The summed E-state index contributed by atoms with van der Waals surface area (Å²) in [6.45, 7) is 18.9. The number of fused-ring (bicyclic) bond motifs is 2. The van der Waals surface area contributed by atoms with Gasteiger partial charge in [0.05, 0.1) is 0 Å². The van der Waals surface area contributed by atoms with Crippen LogP contribution < -0.4 is 0 Å². The Morgan fingerprint density at radius 3 is 1.54 bits per heavy atom. The zero-order valence-electron chi connectivity index (χ0n) is 30.6. The monoisotopic (exact) mass is 772 g/mol. The first-order valence-corrected chi connectivity index (χ1v) is 31.5. The number of hydrogen-bond donors (Lipinski definition) is 0. The Hall–Kier alpha value is -1.96. The van der Waals surface area contributed by atoms with Crippen LogP contribution in [0.3, 0.4) is 0 Å². The average molecular weight is 775 g/mol. The van der Waals surface area contributed by atoms with Gasteiger partial charge < -0.3 is 0 Å². The van der Waals surface area contributed by atoms with E-state index >= 15 is 0 Å². The average Bonchev–Trinajstić information content (AvgIpc) is 3.63. The standard InChI is InChI=1S/C22H25.C20H21.2CH3.2ClH.H2Si.Zr/c1-5-16(4)20-13-19-7-6-8-21(22(19)14-20)18-11-9-17(10-12-18)15(2)3;1-4-15(3)16-8-10-17(11-9-16)19-7-5-6-18-12-14(2)13-20(18)19;;;;;;/h6-16H,5H2,1-4H3;5-13,15H,4H2,1-3H3;2*1H3;2*1H;1H2;. The Bertz CT molecular complexity index is 1910. The number of halogens is 2. The van der Waals surface area contributed by atoms with Crippen molar-refractivity contribution in [1.82, 2.24) is 0 Å². The van der Waals surface area contributed by atoms with E-state index in [4.69, 9.17) is 0 Å². The van der Waals surface area contributed by atoms with Crippen LogP contribution in [0, 0.1) is 5.92 Å². The first-order chi connectivity index (χ1) is 21.8. The second kappa shape index (κ2) is 14.7. The molecule has 0 nitrogen and oxygen atoms in total. The van der Waals surface area contributed by atoms with Crippen molar-refractivity contribution in [3.63, 3.8) is 0 Å². The third-order valence-corrected chi connectivity index (χ3v) is 29.4. The van der Waals surface area contributed by atoms with Gasteiger partial charge in [0.1, 0.15) is 0 Å². The van der Waals surface area contributed by atoms with Gasteiger partial charge in [0.25, 0.3) is 0 Å². The summed E-state index contributed by atoms with van der Waals surface area (Å²) in [5.41, 5.74) is 17.7. The molecule has 0 aromatic heterocycles. The van der Waals surface area contributed by atoms with Crippen molar-refractivity contribution in [3.05, 3.63) is 129 Å². The van der Waals surface area contributed by atoms with Gasteiger partial charge >= 0.3 is 284 Å². The molecule has 0 aliphatic heterocycles. The molecule has 4 aromatic carbocycles. The Morgan fingerprint density at radius 1 is 0.604 bits per heavy atom. The molecular formula is C44H56Cl2SiZr. The fourth-order valence-corrected chi connectivity index (χ4v) is 29.4. The molecule has 4 atom stereocenters. The fourth-order valence-electron chi connectivity index (χ4n) is 8.90. The van der Waals surface area contributed by atoms with E-state index in [1.807, 2.05) is 0 Å². The summed E-state index contributed by atoms with van der Waals surface area (Å²) in [6.07, 6.45) is 7.54. The molecule has 0 saturated carbocycles. The van der Waals surface area contributed by atoms with E-state index in [0.29, 0.717) is 25.0 Å². The molecule has 4 heteroatoms. The van der Waals surface area contributed by atoms with Gasteiger partial charge in [-0.15, -0.1) is 24.8 Å². The Morgan fingerprint density at radius 2 is 1.06 bits per heavy atom. The minimum absolute atomic E-state index is 0. The van der Waals surface area contributed by atoms with Crippen molar-refractivity contribution < 1.29 is 17.4 Å². The summed E-state index contributed by atoms with van der Waals surface area (Å²) < 4.78 is 6.61. The van der Waals surface area contributed by atoms with Gasteiger partial charge in [-0.2, -0.15) is 0 Å². The Balaban J connectivity index is 0.00000260. The number of benzene rings is 4. The van der Waals surface area contributed by atoms with E-state index in [2.05, 4.69) is 162 Å². The summed E-state index contributed by atoms with van der Waals surface area (Å²) in [5.74, 6) is 1.70. The molecule has 0 radical (unpaired) electrons. The van der Waals surface area contributed by atoms with Gasteiger partial charge in [0, 0.05) is 0 Å². The van der Waals surface area contributed by atoms with E-state index in [9.17, 15) is 0 Å². The molecule has 2 aliphatic rings. The SMILES string of the molecule is CCC(C)C1=Cc2c(-c3ccc(C(C)C)cc3)cccc2[CH]1[Zr]([CH3])([CH3])(=[SiH2])[CH]1C(C)=Cc2c(-c3ccc(C(C)CC)cc3)cccc21.Cl.Cl. The van der Waals surface area contributed by atoms with Crippen molar-refractivity contribution in [3.8, 4) is 22.3 Å². The largest absolute Gasteiger partial charge is 0.147 e. The van der Waals surface area contributed by atoms with Crippen molar-refractivity contribution in [2.24, 2.45) is 5.92 Å². The van der Waals surface area contributed by atoms with Crippen LogP contribution in [0.5, 0.6) is 0 Å². The van der Waals surface area contributed by atoms with Gasteiger partial charge in [0.15, 0.2) is 0 Å². The third kappa shape index (κ3) is 6.74. The molecule has 0 fully saturated rings. The van der Waals surface area contributed by atoms with Crippen LogP contribution in [-0.2, 0) is 17.4 Å². The molecule has 6 rings (SSSR count). The van der Waals surface area contributed by atoms with E-state index in [1.54, 1.807) is 22.3 Å². The molecule has 4 aromatic rings. The second-order valence-corrected chi connectivity index (χ2v) is 46.4. The predicted octanol–water partition coefficient (Wildman–Crippen LogP) is 13.5. The van der Waals surface area contributed by atoms with Crippen molar-refractivity contribution >= 4 is 43.8 Å². The zero-order valence-corrected chi connectivity index (χ0v) is 36.1. The maximum atomic E-state index is 2.78. The maximum absolute atomic E-state index is 3.67. The normalized spacial score (nSPS) is 18.2. The van der Waals surface area contributed by atoms with Crippen LogP contribution in [-0.4, -0.2) is 6.88 Å². The number of allylic oxidation sites excluding steroid dienone is 2. The van der Waals surface area contributed by atoms with Crippen molar-refractivity contribution in [2.45, 2.75) is 89.7 Å². The van der Waals surface area contributed by atoms with Crippen LogP contribution in [0.4, 0.5) is 0 Å². The van der Waals surface area contributed by atoms with Gasteiger partial charge in [-0.3, -0.25) is 0 Å². The summed E-state index contributed by atoms with van der Waals surface area (Å²) in [5, 5.41) is 0. The summed E-state index contributed by atoms with van der Waals surface area (Å²) in [6, 6.07) is 33.1. The fraction of sp³-hybridized carbons (Fsp3) is 0.364. The molecule has 0 spiro atoms. The molecule has 4 unspecified atom stereocenters. The third-order valence-electron chi connectivity index (χ3n) is 11.7. The van der Waals surface area contributed by atoms with E-state index < -0.39 is 17.4 Å². The first kappa shape index (κ1) is 38.8.